The summed E-state index contributed by atoms with van der Waals surface area (Å²) in [4.78, 5) is 0.869. The van der Waals surface area contributed by atoms with Crippen molar-refractivity contribution in [1.82, 2.24) is 29.6 Å². The number of benzene rings is 2. The monoisotopic (exact) mass is 360 g/mol. The van der Waals surface area contributed by atoms with Crippen LogP contribution in [0.25, 0.3) is 32.4 Å². The smallest absolute Gasteiger partial charge is 0.217 e. The van der Waals surface area contributed by atoms with Crippen molar-refractivity contribution < 1.29 is 0 Å². The molecule has 128 valence electrons. The van der Waals surface area contributed by atoms with Crippen LogP contribution in [0.4, 0.5) is 0 Å². The highest BCUT2D eigenvalue weighted by Crippen LogP contribution is 2.32. The lowest BCUT2D eigenvalue weighted by Crippen LogP contribution is -1.99. The second kappa shape index (κ2) is 5.47. The van der Waals surface area contributed by atoms with Gasteiger partial charge in [-0.2, -0.15) is 0 Å². The molecule has 3 aromatic heterocycles. The highest BCUT2D eigenvalue weighted by Gasteiger charge is 2.21. The largest absolute Gasteiger partial charge is 0.264 e. The Kier molecular flexibility index (Phi) is 3.20. The Balaban J connectivity index is 1.74. The van der Waals surface area contributed by atoms with E-state index in [9.17, 15) is 0 Å². The second-order valence-corrected chi connectivity index (χ2v) is 7.45. The molecular formula is C19H16N6S. The third-order valence-corrected chi connectivity index (χ3v) is 5.64. The molecule has 0 unspecified atom stereocenters. The van der Waals surface area contributed by atoms with Crippen molar-refractivity contribution >= 4 is 26.5 Å². The predicted molar refractivity (Wildman–Crippen MR) is 103 cm³/mol. The van der Waals surface area contributed by atoms with Gasteiger partial charge in [0.05, 0.1) is 21.6 Å². The highest BCUT2D eigenvalue weighted by atomic mass is 32.1. The maximum absolute atomic E-state index is 4.42. The molecule has 0 radical (unpaired) electrons. The van der Waals surface area contributed by atoms with Crippen molar-refractivity contribution in [2.45, 2.75) is 20.8 Å². The van der Waals surface area contributed by atoms with Crippen molar-refractivity contribution in [1.29, 1.82) is 0 Å². The normalized spacial score (nSPS) is 11.7. The summed E-state index contributed by atoms with van der Waals surface area (Å²) in [5.41, 5.74) is 6.22. The molecule has 0 spiro atoms. The molecule has 0 amide bonds. The zero-order valence-electron chi connectivity index (χ0n) is 14.6. The summed E-state index contributed by atoms with van der Waals surface area (Å²) in [5.74, 6) is 0.733. The van der Waals surface area contributed by atoms with Crippen molar-refractivity contribution in [3.8, 4) is 17.2 Å². The minimum Gasteiger partial charge on any atom is -0.264 e. The standard InChI is InChI=1S/C19H16N6S/c1-11-7-9-14(10-8-11)25-13(3)16(20-23-25)18-21-22-19-24(18)17-12(2)5-4-6-15(17)26-19/h4-10H,1-3H3. The molecule has 3 heterocycles. The van der Waals surface area contributed by atoms with Crippen LogP contribution < -0.4 is 0 Å². The third kappa shape index (κ3) is 2.10. The van der Waals surface area contributed by atoms with Crippen LogP contribution >= 0.6 is 11.3 Å². The molecule has 6 nitrogen and oxygen atoms in total. The number of thiazole rings is 1. The highest BCUT2D eigenvalue weighted by molar-refractivity contribution is 7.23. The molecule has 0 saturated carbocycles. The van der Waals surface area contributed by atoms with Gasteiger partial charge in [-0.3, -0.25) is 4.40 Å². The molecule has 0 saturated heterocycles. The average Bonchev–Trinajstić information content (AvgIpc) is 3.29. The zero-order chi connectivity index (χ0) is 17.8. The summed E-state index contributed by atoms with van der Waals surface area (Å²) >= 11 is 1.64. The molecule has 5 rings (SSSR count). The maximum atomic E-state index is 4.42. The molecule has 0 aliphatic heterocycles. The lowest BCUT2D eigenvalue weighted by Gasteiger charge is -2.04. The molecule has 0 N–H and O–H groups in total. The second-order valence-electron chi connectivity index (χ2n) is 6.44. The van der Waals surface area contributed by atoms with Gasteiger partial charge in [0.1, 0.15) is 0 Å². The Labute approximate surface area is 153 Å². The summed E-state index contributed by atoms with van der Waals surface area (Å²) in [6.45, 7) is 6.19. The third-order valence-electron chi connectivity index (χ3n) is 4.64. The molecular weight excluding hydrogens is 344 g/mol. The van der Waals surface area contributed by atoms with Gasteiger partial charge in [0.15, 0.2) is 11.5 Å². The molecule has 5 aromatic rings. The molecule has 0 aliphatic carbocycles. The van der Waals surface area contributed by atoms with E-state index in [0.29, 0.717) is 0 Å². The summed E-state index contributed by atoms with van der Waals surface area (Å²) < 4.78 is 5.13. The fraction of sp³-hybridized carbons (Fsp3) is 0.158. The molecule has 0 atom stereocenters. The van der Waals surface area contributed by atoms with Gasteiger partial charge in [-0.05, 0) is 44.5 Å². The minimum atomic E-state index is 0.733. The van der Waals surface area contributed by atoms with E-state index in [1.807, 2.05) is 23.7 Å². The molecule has 7 heteroatoms. The first-order valence-corrected chi connectivity index (χ1v) is 9.18. The fourth-order valence-electron chi connectivity index (χ4n) is 3.26. The van der Waals surface area contributed by atoms with Gasteiger partial charge in [0, 0.05) is 0 Å². The van der Waals surface area contributed by atoms with E-state index in [0.717, 1.165) is 33.4 Å². The van der Waals surface area contributed by atoms with E-state index >= 15 is 0 Å². The molecule has 0 fully saturated rings. The van der Waals surface area contributed by atoms with Crippen molar-refractivity contribution in [2.24, 2.45) is 0 Å². The van der Waals surface area contributed by atoms with E-state index in [2.05, 4.69) is 69.1 Å². The van der Waals surface area contributed by atoms with Crippen molar-refractivity contribution in [3.05, 3.63) is 59.3 Å². The number of hydrogen-bond donors (Lipinski definition) is 0. The average molecular weight is 360 g/mol. The van der Waals surface area contributed by atoms with Crippen LogP contribution in [0.15, 0.2) is 42.5 Å². The first kappa shape index (κ1) is 15.2. The number of aryl methyl sites for hydroxylation is 2. The Morgan fingerprint density at radius 2 is 1.69 bits per heavy atom. The predicted octanol–water partition coefficient (Wildman–Crippen LogP) is 4.12. The molecule has 26 heavy (non-hydrogen) atoms. The minimum absolute atomic E-state index is 0.733. The Bertz CT molecular complexity index is 1260. The van der Waals surface area contributed by atoms with Gasteiger partial charge in [0.25, 0.3) is 0 Å². The first-order valence-electron chi connectivity index (χ1n) is 8.36. The first-order chi connectivity index (χ1) is 12.6. The maximum Gasteiger partial charge on any atom is 0.217 e. The Morgan fingerprint density at radius 3 is 2.50 bits per heavy atom. The fourth-order valence-corrected chi connectivity index (χ4v) is 4.30. The van der Waals surface area contributed by atoms with E-state index in [4.69, 9.17) is 0 Å². The topological polar surface area (TPSA) is 60.9 Å². The zero-order valence-corrected chi connectivity index (χ0v) is 15.4. The quantitative estimate of drug-likeness (QED) is 0.475. The van der Waals surface area contributed by atoms with Crippen LogP contribution in [-0.2, 0) is 0 Å². The van der Waals surface area contributed by atoms with Gasteiger partial charge in [-0.1, -0.05) is 46.4 Å². The number of aromatic nitrogens is 6. The van der Waals surface area contributed by atoms with E-state index < -0.39 is 0 Å². The lowest BCUT2D eigenvalue weighted by atomic mass is 10.2. The number of nitrogens with zero attached hydrogens (tertiary/aromatic N) is 6. The van der Waals surface area contributed by atoms with Crippen LogP contribution in [0.2, 0.25) is 0 Å². The molecule has 0 aliphatic rings. The Morgan fingerprint density at radius 1 is 0.885 bits per heavy atom. The van der Waals surface area contributed by atoms with E-state index in [1.165, 1.54) is 15.8 Å². The van der Waals surface area contributed by atoms with Gasteiger partial charge >= 0.3 is 0 Å². The van der Waals surface area contributed by atoms with E-state index in [1.54, 1.807) is 11.3 Å². The summed E-state index contributed by atoms with van der Waals surface area (Å²) in [6, 6.07) is 14.5. The van der Waals surface area contributed by atoms with E-state index in [-0.39, 0.29) is 0 Å². The van der Waals surface area contributed by atoms with Crippen molar-refractivity contribution in [3.63, 3.8) is 0 Å². The van der Waals surface area contributed by atoms with Gasteiger partial charge in [-0.15, -0.1) is 15.3 Å². The van der Waals surface area contributed by atoms with Crippen LogP contribution in [0.5, 0.6) is 0 Å². The van der Waals surface area contributed by atoms with Gasteiger partial charge in [-0.25, -0.2) is 4.68 Å². The van der Waals surface area contributed by atoms with Crippen LogP contribution in [0.3, 0.4) is 0 Å². The molecule has 2 aromatic carbocycles. The SMILES string of the molecule is Cc1ccc(-n2nnc(-c3nnc4sc5cccc(C)c5n34)c2C)cc1. The van der Waals surface area contributed by atoms with Crippen LogP contribution in [0, 0.1) is 20.8 Å². The lowest BCUT2D eigenvalue weighted by molar-refractivity contribution is 0.785. The van der Waals surface area contributed by atoms with Crippen LogP contribution in [0.1, 0.15) is 16.8 Å². The number of hydrogen-bond acceptors (Lipinski definition) is 5. The number of para-hydroxylation sites is 1. The molecule has 0 bridgehead atoms. The summed E-state index contributed by atoms with van der Waals surface area (Å²) in [6.07, 6.45) is 0. The van der Waals surface area contributed by atoms with Gasteiger partial charge < -0.3 is 0 Å². The Hall–Kier alpha value is -3.06. The number of fused-ring (bicyclic) bond motifs is 3. The number of rotatable bonds is 2. The summed E-state index contributed by atoms with van der Waals surface area (Å²) in [7, 11) is 0. The van der Waals surface area contributed by atoms with Crippen LogP contribution in [-0.4, -0.2) is 29.6 Å². The van der Waals surface area contributed by atoms with Gasteiger partial charge in [0.2, 0.25) is 4.96 Å². The van der Waals surface area contributed by atoms with Crippen molar-refractivity contribution in [2.75, 3.05) is 0 Å². The summed E-state index contributed by atoms with van der Waals surface area (Å²) in [5, 5.41) is 17.5.